The molecule has 1 atom stereocenters. The predicted molar refractivity (Wildman–Crippen MR) is 77.3 cm³/mol. The van der Waals surface area contributed by atoms with Crippen LogP contribution in [-0.2, 0) is 0 Å². The minimum absolute atomic E-state index is 0.236. The molecule has 0 saturated heterocycles. The maximum atomic E-state index is 12.3. The molecule has 0 spiro atoms. The molecule has 106 valence electrons. The SMILES string of the molecule is COc1ccc(Cl)cc1C(=O)NC(C)c1ccc(C)o1. The first-order chi connectivity index (χ1) is 9.51. The van der Waals surface area contributed by atoms with Gasteiger partial charge in [-0.3, -0.25) is 4.79 Å². The first kappa shape index (κ1) is 14.5. The highest BCUT2D eigenvalue weighted by Gasteiger charge is 2.17. The van der Waals surface area contributed by atoms with Gasteiger partial charge in [-0.2, -0.15) is 0 Å². The Hall–Kier alpha value is -1.94. The predicted octanol–water partition coefficient (Wildman–Crippen LogP) is 3.74. The summed E-state index contributed by atoms with van der Waals surface area (Å²) in [5, 5.41) is 3.34. The number of methoxy groups -OCH3 is 1. The van der Waals surface area contributed by atoms with E-state index >= 15 is 0 Å². The third kappa shape index (κ3) is 3.14. The maximum Gasteiger partial charge on any atom is 0.255 e. The molecular weight excluding hydrogens is 278 g/mol. The highest BCUT2D eigenvalue weighted by atomic mass is 35.5. The van der Waals surface area contributed by atoms with E-state index in [-0.39, 0.29) is 11.9 Å². The number of rotatable bonds is 4. The molecular formula is C15H16ClNO3. The van der Waals surface area contributed by atoms with Crippen molar-refractivity contribution in [2.45, 2.75) is 19.9 Å². The molecule has 0 aliphatic carbocycles. The van der Waals surface area contributed by atoms with E-state index in [0.29, 0.717) is 22.1 Å². The average molecular weight is 294 g/mol. The van der Waals surface area contributed by atoms with E-state index in [1.807, 2.05) is 26.0 Å². The van der Waals surface area contributed by atoms with Crippen LogP contribution in [0.4, 0.5) is 0 Å². The second kappa shape index (κ2) is 6.01. The summed E-state index contributed by atoms with van der Waals surface area (Å²) in [6, 6.07) is 8.39. The van der Waals surface area contributed by atoms with Crippen molar-refractivity contribution < 1.29 is 13.9 Å². The number of aryl methyl sites for hydroxylation is 1. The summed E-state index contributed by atoms with van der Waals surface area (Å²) in [5.74, 6) is 1.74. The van der Waals surface area contributed by atoms with E-state index < -0.39 is 0 Å². The Bertz CT molecular complexity index is 621. The summed E-state index contributed by atoms with van der Waals surface area (Å²) in [7, 11) is 1.51. The summed E-state index contributed by atoms with van der Waals surface area (Å²) < 4.78 is 10.7. The number of ether oxygens (including phenoxy) is 1. The molecule has 0 bridgehead atoms. The van der Waals surface area contributed by atoms with Crippen LogP contribution in [0, 0.1) is 6.92 Å². The number of benzene rings is 1. The zero-order chi connectivity index (χ0) is 14.7. The van der Waals surface area contributed by atoms with Crippen LogP contribution < -0.4 is 10.1 Å². The molecule has 0 fully saturated rings. The van der Waals surface area contributed by atoms with Gasteiger partial charge >= 0.3 is 0 Å². The van der Waals surface area contributed by atoms with Crippen molar-refractivity contribution in [2.24, 2.45) is 0 Å². The standard InChI is InChI=1S/C15H16ClNO3/c1-9-4-6-13(20-9)10(2)17-15(18)12-8-11(16)5-7-14(12)19-3/h4-8,10H,1-3H3,(H,17,18). The monoisotopic (exact) mass is 293 g/mol. The van der Waals surface area contributed by atoms with E-state index in [4.69, 9.17) is 20.8 Å². The Kier molecular flexibility index (Phi) is 4.35. The Morgan fingerprint density at radius 2 is 2.10 bits per heavy atom. The van der Waals surface area contributed by atoms with Gasteiger partial charge in [0.05, 0.1) is 18.7 Å². The number of amides is 1. The van der Waals surface area contributed by atoms with E-state index in [9.17, 15) is 4.79 Å². The van der Waals surface area contributed by atoms with Crippen LogP contribution in [0.5, 0.6) is 5.75 Å². The zero-order valence-electron chi connectivity index (χ0n) is 11.6. The Labute approximate surface area is 122 Å². The van der Waals surface area contributed by atoms with E-state index in [1.165, 1.54) is 7.11 Å². The molecule has 4 nitrogen and oxygen atoms in total. The molecule has 1 N–H and O–H groups in total. The molecule has 0 aliphatic heterocycles. The van der Waals surface area contributed by atoms with Crippen LogP contribution in [0.1, 0.15) is 34.8 Å². The number of halogens is 1. The van der Waals surface area contributed by atoms with Gasteiger partial charge in [-0.1, -0.05) is 11.6 Å². The number of furan rings is 1. The minimum Gasteiger partial charge on any atom is -0.496 e. The minimum atomic E-state index is -0.258. The fraction of sp³-hybridized carbons (Fsp3) is 0.267. The van der Waals surface area contributed by atoms with Gasteiger partial charge < -0.3 is 14.5 Å². The molecule has 2 aromatic rings. The van der Waals surface area contributed by atoms with Crippen molar-refractivity contribution in [3.63, 3.8) is 0 Å². The summed E-state index contributed by atoms with van der Waals surface area (Å²) in [6.45, 7) is 3.71. The summed E-state index contributed by atoms with van der Waals surface area (Å²) in [4.78, 5) is 12.3. The lowest BCUT2D eigenvalue weighted by atomic mass is 10.1. The largest absolute Gasteiger partial charge is 0.496 e. The van der Waals surface area contributed by atoms with Crippen molar-refractivity contribution in [2.75, 3.05) is 7.11 Å². The average Bonchev–Trinajstić information content (AvgIpc) is 2.85. The summed E-state index contributed by atoms with van der Waals surface area (Å²) >= 11 is 5.92. The van der Waals surface area contributed by atoms with Crippen molar-refractivity contribution >= 4 is 17.5 Å². The molecule has 1 amide bonds. The second-order valence-corrected chi connectivity index (χ2v) is 4.92. The molecule has 1 aromatic carbocycles. The number of hydrogen-bond acceptors (Lipinski definition) is 3. The summed E-state index contributed by atoms with van der Waals surface area (Å²) in [6.07, 6.45) is 0. The van der Waals surface area contributed by atoms with Gasteiger partial charge in [0.25, 0.3) is 5.91 Å². The molecule has 1 aromatic heterocycles. The van der Waals surface area contributed by atoms with Crippen LogP contribution in [0.2, 0.25) is 5.02 Å². The molecule has 0 radical (unpaired) electrons. The smallest absolute Gasteiger partial charge is 0.255 e. The summed E-state index contributed by atoms with van der Waals surface area (Å²) in [5.41, 5.74) is 0.398. The highest BCUT2D eigenvalue weighted by Crippen LogP contribution is 2.24. The van der Waals surface area contributed by atoms with Crippen molar-refractivity contribution in [1.29, 1.82) is 0 Å². The Balaban J connectivity index is 2.18. The zero-order valence-corrected chi connectivity index (χ0v) is 12.3. The molecule has 20 heavy (non-hydrogen) atoms. The second-order valence-electron chi connectivity index (χ2n) is 4.49. The molecule has 1 heterocycles. The fourth-order valence-corrected chi connectivity index (χ4v) is 2.06. The van der Waals surface area contributed by atoms with Crippen molar-refractivity contribution in [3.05, 3.63) is 52.4 Å². The molecule has 0 saturated carbocycles. The van der Waals surface area contributed by atoms with Crippen LogP contribution in [0.25, 0.3) is 0 Å². The third-order valence-electron chi connectivity index (χ3n) is 2.94. The van der Waals surface area contributed by atoms with Crippen LogP contribution >= 0.6 is 11.6 Å². The normalized spacial score (nSPS) is 12.0. The molecule has 2 rings (SSSR count). The molecule has 0 aliphatic rings. The van der Waals surface area contributed by atoms with Gasteiger partial charge in [0, 0.05) is 5.02 Å². The Morgan fingerprint density at radius 1 is 1.35 bits per heavy atom. The Morgan fingerprint density at radius 3 is 2.70 bits per heavy atom. The van der Waals surface area contributed by atoms with E-state index in [2.05, 4.69) is 5.32 Å². The quantitative estimate of drug-likeness (QED) is 0.934. The van der Waals surface area contributed by atoms with Crippen molar-refractivity contribution in [3.8, 4) is 5.75 Å². The van der Waals surface area contributed by atoms with E-state index in [0.717, 1.165) is 5.76 Å². The topological polar surface area (TPSA) is 51.5 Å². The van der Waals surface area contributed by atoms with Crippen LogP contribution in [0.3, 0.4) is 0 Å². The number of carbonyl (C=O) groups is 1. The highest BCUT2D eigenvalue weighted by molar-refractivity contribution is 6.31. The number of carbonyl (C=O) groups excluding carboxylic acids is 1. The molecule has 5 heteroatoms. The molecule has 1 unspecified atom stereocenters. The van der Waals surface area contributed by atoms with Gasteiger partial charge in [0.1, 0.15) is 17.3 Å². The lowest BCUT2D eigenvalue weighted by molar-refractivity contribution is 0.0932. The number of hydrogen-bond donors (Lipinski definition) is 1. The lowest BCUT2D eigenvalue weighted by Crippen LogP contribution is -2.26. The van der Waals surface area contributed by atoms with Gasteiger partial charge in [0.2, 0.25) is 0 Å². The lowest BCUT2D eigenvalue weighted by Gasteiger charge is -2.13. The van der Waals surface area contributed by atoms with Gasteiger partial charge in [0.15, 0.2) is 0 Å². The fourth-order valence-electron chi connectivity index (χ4n) is 1.89. The maximum absolute atomic E-state index is 12.3. The van der Waals surface area contributed by atoms with Gasteiger partial charge in [-0.25, -0.2) is 0 Å². The van der Waals surface area contributed by atoms with Gasteiger partial charge in [-0.15, -0.1) is 0 Å². The van der Waals surface area contributed by atoms with Crippen molar-refractivity contribution in [1.82, 2.24) is 5.32 Å². The first-order valence-electron chi connectivity index (χ1n) is 6.22. The third-order valence-corrected chi connectivity index (χ3v) is 3.18. The first-order valence-corrected chi connectivity index (χ1v) is 6.60. The van der Waals surface area contributed by atoms with Crippen LogP contribution in [-0.4, -0.2) is 13.0 Å². The van der Waals surface area contributed by atoms with Gasteiger partial charge in [-0.05, 0) is 44.2 Å². The van der Waals surface area contributed by atoms with Crippen LogP contribution in [0.15, 0.2) is 34.7 Å². The van der Waals surface area contributed by atoms with E-state index in [1.54, 1.807) is 18.2 Å². The number of nitrogens with one attached hydrogen (secondary N) is 1.